The average Bonchev–Trinajstić information content (AvgIpc) is 2.87. The molecule has 2 aliphatic heterocycles. The molecule has 0 bridgehead atoms. The van der Waals surface area contributed by atoms with Crippen molar-refractivity contribution in [2.45, 2.75) is 91.8 Å². The van der Waals surface area contributed by atoms with Crippen LogP contribution in [-0.2, 0) is 9.47 Å². The number of nitrogens with zero attached hydrogens (tertiary/aromatic N) is 4. The molecule has 0 aromatic carbocycles. The highest BCUT2D eigenvalue weighted by molar-refractivity contribution is 5.74. The van der Waals surface area contributed by atoms with Crippen LogP contribution in [0, 0.1) is 13.8 Å². The molecule has 0 spiro atoms. The van der Waals surface area contributed by atoms with Crippen LogP contribution in [0.15, 0.2) is 30.6 Å². The van der Waals surface area contributed by atoms with Gasteiger partial charge in [0.2, 0.25) is 0 Å². The number of aryl methyl sites for hydroxylation is 2. The molecule has 0 aliphatic carbocycles. The highest BCUT2D eigenvalue weighted by Crippen LogP contribution is 2.31. The van der Waals surface area contributed by atoms with Gasteiger partial charge >= 0.3 is 12.2 Å². The van der Waals surface area contributed by atoms with Crippen LogP contribution < -0.4 is 11.5 Å². The van der Waals surface area contributed by atoms with E-state index < -0.39 is 11.2 Å². The lowest BCUT2D eigenvalue weighted by Gasteiger charge is -2.34. The molecular formula is C32H48N6O4. The third-order valence-electron chi connectivity index (χ3n) is 7.10. The Morgan fingerprint density at radius 1 is 0.810 bits per heavy atom. The maximum absolute atomic E-state index is 12.0. The van der Waals surface area contributed by atoms with E-state index in [-0.39, 0.29) is 12.2 Å². The van der Waals surface area contributed by atoms with Gasteiger partial charge in [-0.25, -0.2) is 19.6 Å². The van der Waals surface area contributed by atoms with Gasteiger partial charge in [-0.1, -0.05) is 6.08 Å². The number of piperidine rings is 1. The Kier molecular flexibility index (Phi) is 10.5. The Bertz CT molecular complexity index is 1290. The summed E-state index contributed by atoms with van der Waals surface area (Å²) >= 11 is 0. The summed E-state index contributed by atoms with van der Waals surface area (Å²) in [6, 6.07) is 3.78. The van der Waals surface area contributed by atoms with E-state index in [4.69, 9.17) is 20.9 Å². The highest BCUT2D eigenvalue weighted by Gasteiger charge is 2.28. The topological polar surface area (TPSA) is 137 Å². The molecule has 2 aromatic heterocycles. The Labute approximate surface area is 250 Å². The molecule has 4 N–H and O–H groups in total. The number of rotatable bonds is 2. The fourth-order valence-corrected chi connectivity index (χ4v) is 5.04. The van der Waals surface area contributed by atoms with Crippen molar-refractivity contribution in [3.63, 3.8) is 0 Å². The minimum atomic E-state index is -0.460. The van der Waals surface area contributed by atoms with E-state index in [0.717, 1.165) is 43.5 Å². The first-order valence-corrected chi connectivity index (χ1v) is 14.6. The number of hydrogen-bond acceptors (Lipinski definition) is 8. The number of nitrogens with two attached hydrogens (primary N) is 2. The largest absolute Gasteiger partial charge is 0.444 e. The third kappa shape index (κ3) is 9.63. The van der Waals surface area contributed by atoms with Crippen molar-refractivity contribution in [3.05, 3.63) is 52.9 Å². The summed E-state index contributed by atoms with van der Waals surface area (Å²) in [6.45, 7) is 18.1. The van der Waals surface area contributed by atoms with Gasteiger partial charge in [-0.2, -0.15) is 0 Å². The highest BCUT2D eigenvalue weighted by atomic mass is 16.6. The van der Waals surface area contributed by atoms with Gasteiger partial charge in [-0.3, -0.25) is 0 Å². The van der Waals surface area contributed by atoms with Gasteiger partial charge in [-0.15, -0.1) is 0 Å². The van der Waals surface area contributed by atoms with Crippen molar-refractivity contribution >= 4 is 29.4 Å². The standard InChI is InChI=1S/C16H25N3O2.C16H23N3O2/c2*1-11-9-14(17)18-10-13(11)12-5-7-19(8-6-12)15(20)21-16(2,3)4/h9-10,12H,5-8H2,1-4H3,(H2,17,18);5,9-10H,6-8H2,1-4H3,(H2,17,18). The fraction of sp³-hybridized carbons (Fsp3) is 0.562. The molecule has 42 heavy (non-hydrogen) atoms. The van der Waals surface area contributed by atoms with Crippen molar-refractivity contribution in [3.8, 4) is 0 Å². The molecule has 230 valence electrons. The van der Waals surface area contributed by atoms with Gasteiger partial charge in [0.25, 0.3) is 0 Å². The molecule has 2 aliphatic rings. The summed E-state index contributed by atoms with van der Waals surface area (Å²) in [5.41, 5.74) is 16.3. The number of carbonyl (C=O) groups excluding carboxylic acids is 2. The zero-order chi connectivity index (χ0) is 31.2. The Hall–Kier alpha value is -3.82. The minimum Gasteiger partial charge on any atom is -0.444 e. The van der Waals surface area contributed by atoms with Crippen LogP contribution in [0.1, 0.15) is 89.0 Å². The maximum atomic E-state index is 12.0. The normalized spacial score (nSPS) is 16.2. The third-order valence-corrected chi connectivity index (χ3v) is 7.10. The molecule has 2 aromatic rings. The molecule has 4 rings (SSSR count). The summed E-state index contributed by atoms with van der Waals surface area (Å²) in [5, 5.41) is 0. The van der Waals surface area contributed by atoms with Crippen LogP contribution in [0.5, 0.6) is 0 Å². The van der Waals surface area contributed by atoms with Gasteiger partial charge < -0.3 is 30.7 Å². The lowest BCUT2D eigenvalue weighted by molar-refractivity contribution is 0.0203. The van der Waals surface area contributed by atoms with Crippen molar-refractivity contribution in [1.82, 2.24) is 19.8 Å². The molecule has 1 fully saturated rings. The number of pyridine rings is 2. The fourth-order valence-electron chi connectivity index (χ4n) is 5.04. The summed E-state index contributed by atoms with van der Waals surface area (Å²) in [6.07, 6.45) is 7.94. The van der Waals surface area contributed by atoms with E-state index >= 15 is 0 Å². The monoisotopic (exact) mass is 580 g/mol. The molecule has 0 atom stereocenters. The molecular weight excluding hydrogens is 532 g/mol. The smallest absolute Gasteiger partial charge is 0.410 e. The zero-order valence-corrected chi connectivity index (χ0v) is 26.5. The Morgan fingerprint density at radius 2 is 1.33 bits per heavy atom. The Balaban J connectivity index is 0.000000230. The van der Waals surface area contributed by atoms with Crippen LogP contribution >= 0.6 is 0 Å². The van der Waals surface area contributed by atoms with Crippen molar-refractivity contribution in [1.29, 1.82) is 0 Å². The first kappa shape index (κ1) is 32.7. The van der Waals surface area contributed by atoms with E-state index in [0.29, 0.717) is 30.6 Å². The average molecular weight is 581 g/mol. The molecule has 0 saturated carbocycles. The van der Waals surface area contributed by atoms with Crippen LogP contribution in [-0.4, -0.2) is 69.3 Å². The molecule has 0 unspecified atom stereocenters. The molecule has 0 radical (unpaired) electrons. The van der Waals surface area contributed by atoms with E-state index in [9.17, 15) is 9.59 Å². The summed E-state index contributed by atoms with van der Waals surface area (Å²) in [5.74, 6) is 1.53. The second-order valence-electron chi connectivity index (χ2n) is 13.0. The van der Waals surface area contributed by atoms with E-state index in [1.165, 1.54) is 16.7 Å². The summed E-state index contributed by atoms with van der Waals surface area (Å²) < 4.78 is 10.8. The van der Waals surface area contributed by atoms with Gasteiger partial charge in [0.15, 0.2) is 0 Å². The second-order valence-corrected chi connectivity index (χ2v) is 13.0. The van der Waals surface area contributed by atoms with Crippen molar-refractivity contribution in [2.24, 2.45) is 0 Å². The number of nitrogen functional groups attached to an aromatic ring is 2. The van der Waals surface area contributed by atoms with Crippen LogP contribution in [0.25, 0.3) is 5.57 Å². The number of carbonyl (C=O) groups is 2. The van der Waals surface area contributed by atoms with Gasteiger partial charge in [-0.05, 0) is 121 Å². The predicted octanol–water partition coefficient (Wildman–Crippen LogP) is 6.08. The second kappa shape index (κ2) is 13.4. The first-order chi connectivity index (χ1) is 19.5. The molecule has 4 heterocycles. The van der Waals surface area contributed by atoms with Crippen LogP contribution in [0.3, 0.4) is 0 Å². The number of likely N-dealkylation sites (tertiary alicyclic amines) is 1. The number of hydrogen-bond donors (Lipinski definition) is 2. The summed E-state index contributed by atoms with van der Waals surface area (Å²) in [7, 11) is 0. The molecule has 2 amide bonds. The number of ether oxygens (including phenoxy) is 2. The Morgan fingerprint density at radius 3 is 1.81 bits per heavy atom. The van der Waals surface area contributed by atoms with Gasteiger partial charge in [0, 0.05) is 38.6 Å². The van der Waals surface area contributed by atoms with Crippen LogP contribution in [0.4, 0.5) is 21.2 Å². The van der Waals surface area contributed by atoms with Gasteiger partial charge in [0.1, 0.15) is 22.8 Å². The number of aromatic nitrogens is 2. The van der Waals surface area contributed by atoms with Crippen LogP contribution in [0.2, 0.25) is 0 Å². The first-order valence-electron chi connectivity index (χ1n) is 14.6. The van der Waals surface area contributed by atoms with Crippen molar-refractivity contribution < 1.29 is 19.1 Å². The number of amides is 2. The maximum Gasteiger partial charge on any atom is 0.410 e. The molecule has 10 heteroatoms. The quantitative estimate of drug-likeness (QED) is 0.436. The molecule has 10 nitrogen and oxygen atoms in total. The lowest BCUT2D eigenvalue weighted by atomic mass is 9.88. The number of anilines is 2. The van der Waals surface area contributed by atoms with Crippen molar-refractivity contribution in [2.75, 3.05) is 37.6 Å². The minimum absolute atomic E-state index is 0.215. The predicted molar refractivity (Wildman–Crippen MR) is 167 cm³/mol. The van der Waals surface area contributed by atoms with E-state index in [2.05, 4.69) is 23.0 Å². The van der Waals surface area contributed by atoms with Gasteiger partial charge in [0.05, 0.1) is 0 Å². The summed E-state index contributed by atoms with van der Waals surface area (Å²) in [4.78, 5) is 35.9. The zero-order valence-electron chi connectivity index (χ0n) is 26.5. The molecule has 1 saturated heterocycles. The van der Waals surface area contributed by atoms with E-state index in [1.807, 2.05) is 66.8 Å². The SMILES string of the molecule is Cc1cc(N)ncc1C1=CCN(C(=O)OC(C)(C)C)CC1.Cc1cc(N)ncc1C1CCN(C(=O)OC(C)(C)C)CC1. The van der Waals surface area contributed by atoms with E-state index in [1.54, 1.807) is 16.0 Å². The lowest BCUT2D eigenvalue weighted by Crippen LogP contribution is -2.41.